The Balaban J connectivity index is 3.40. The van der Waals surface area contributed by atoms with Crippen molar-refractivity contribution in [2.24, 2.45) is 0 Å². The van der Waals surface area contributed by atoms with Gasteiger partial charge in [-0.3, -0.25) is 4.79 Å². The monoisotopic (exact) mass is 236 g/mol. The van der Waals surface area contributed by atoms with Crippen LogP contribution in [0, 0.1) is 0 Å². The smallest absolute Gasteiger partial charge is 0.294 e. The second-order valence-corrected chi connectivity index (χ2v) is 3.34. The van der Waals surface area contributed by atoms with Gasteiger partial charge in [-0.1, -0.05) is 30.7 Å². The van der Waals surface area contributed by atoms with Crippen molar-refractivity contribution in [2.45, 2.75) is 19.5 Å². The molecule has 0 saturated heterocycles. The molecule has 0 atom stereocenters. The van der Waals surface area contributed by atoms with Crippen LogP contribution in [-0.4, -0.2) is 5.78 Å². The Hall–Kier alpha value is -1.03. The average molecular weight is 237 g/mol. The lowest BCUT2D eigenvalue weighted by Crippen LogP contribution is -2.13. The van der Waals surface area contributed by atoms with E-state index in [1.54, 1.807) is 0 Å². The number of hydrogen-bond donors (Lipinski definition) is 0. The predicted octanol–water partition coefficient (Wildman–Crippen LogP) is 3.95. The van der Waals surface area contributed by atoms with Gasteiger partial charge in [0.2, 0.25) is 0 Å². The van der Waals surface area contributed by atoms with Crippen LogP contribution >= 0.6 is 11.6 Å². The fourth-order valence-corrected chi connectivity index (χ4v) is 1.52. The Kier molecular flexibility index (Phi) is 3.39. The molecule has 0 fully saturated rings. The maximum atomic E-state index is 12.6. The number of alkyl halides is 3. The maximum absolute atomic E-state index is 12.6. The van der Waals surface area contributed by atoms with Crippen LogP contribution in [0.3, 0.4) is 0 Å². The molecule has 5 heteroatoms. The average Bonchev–Trinajstić information content (AvgIpc) is 2.14. The summed E-state index contributed by atoms with van der Waals surface area (Å²) in [6.07, 6.45) is -4.58. The molecule has 15 heavy (non-hydrogen) atoms. The van der Waals surface area contributed by atoms with E-state index in [1.807, 2.05) is 0 Å². The standard InChI is InChI=1S/C10H8ClF3O/c1-2-8(15)6-4-3-5-7(11)9(6)10(12,13)14/h3-5H,2H2,1H3. The van der Waals surface area contributed by atoms with Gasteiger partial charge in [0.05, 0.1) is 10.6 Å². The highest BCUT2D eigenvalue weighted by Crippen LogP contribution is 2.37. The number of benzene rings is 1. The van der Waals surface area contributed by atoms with Gasteiger partial charge in [0.15, 0.2) is 5.78 Å². The third-order valence-electron chi connectivity index (χ3n) is 1.92. The highest BCUT2D eigenvalue weighted by atomic mass is 35.5. The van der Waals surface area contributed by atoms with Gasteiger partial charge in [0, 0.05) is 12.0 Å². The molecular formula is C10H8ClF3O. The van der Waals surface area contributed by atoms with Crippen molar-refractivity contribution in [3.8, 4) is 0 Å². The molecule has 0 radical (unpaired) electrons. The summed E-state index contributed by atoms with van der Waals surface area (Å²) >= 11 is 5.44. The van der Waals surface area contributed by atoms with Crippen molar-refractivity contribution < 1.29 is 18.0 Å². The minimum Gasteiger partial charge on any atom is -0.294 e. The Morgan fingerprint density at radius 1 is 1.40 bits per heavy atom. The van der Waals surface area contributed by atoms with E-state index < -0.39 is 22.5 Å². The first-order valence-corrected chi connectivity index (χ1v) is 4.64. The molecule has 0 N–H and O–H groups in total. The highest BCUT2D eigenvalue weighted by Gasteiger charge is 2.37. The van der Waals surface area contributed by atoms with Crippen molar-refractivity contribution in [1.29, 1.82) is 0 Å². The molecule has 1 aromatic carbocycles. The van der Waals surface area contributed by atoms with E-state index in [4.69, 9.17) is 11.6 Å². The molecule has 82 valence electrons. The molecule has 0 amide bonds. The summed E-state index contributed by atoms with van der Waals surface area (Å²) in [6.45, 7) is 1.50. The van der Waals surface area contributed by atoms with E-state index >= 15 is 0 Å². The van der Waals surface area contributed by atoms with E-state index in [1.165, 1.54) is 13.0 Å². The molecule has 0 aliphatic rings. The van der Waals surface area contributed by atoms with Crippen LogP contribution in [0.25, 0.3) is 0 Å². The van der Waals surface area contributed by atoms with Gasteiger partial charge in [0.25, 0.3) is 0 Å². The van der Waals surface area contributed by atoms with E-state index in [0.717, 1.165) is 12.1 Å². The minimum atomic E-state index is -4.60. The van der Waals surface area contributed by atoms with E-state index in [-0.39, 0.29) is 12.0 Å². The lowest BCUT2D eigenvalue weighted by atomic mass is 10.0. The molecule has 0 bridgehead atoms. The van der Waals surface area contributed by atoms with Crippen LogP contribution in [0.2, 0.25) is 5.02 Å². The van der Waals surface area contributed by atoms with Gasteiger partial charge < -0.3 is 0 Å². The maximum Gasteiger partial charge on any atom is 0.418 e. The normalized spacial score (nSPS) is 11.5. The fraction of sp³-hybridized carbons (Fsp3) is 0.300. The second-order valence-electron chi connectivity index (χ2n) is 2.94. The van der Waals surface area contributed by atoms with E-state index in [0.29, 0.717) is 0 Å². The molecular weight excluding hydrogens is 229 g/mol. The lowest BCUT2D eigenvalue weighted by Gasteiger charge is -2.12. The SMILES string of the molecule is CCC(=O)c1cccc(Cl)c1C(F)(F)F. The van der Waals surface area contributed by atoms with Crippen molar-refractivity contribution in [3.63, 3.8) is 0 Å². The molecule has 0 saturated carbocycles. The quantitative estimate of drug-likeness (QED) is 0.711. The first kappa shape index (κ1) is 12.0. The van der Waals surface area contributed by atoms with Crippen LogP contribution in [0.4, 0.5) is 13.2 Å². The topological polar surface area (TPSA) is 17.1 Å². The zero-order valence-electron chi connectivity index (χ0n) is 7.86. The first-order valence-electron chi connectivity index (χ1n) is 4.26. The Bertz CT molecular complexity index is 385. The van der Waals surface area contributed by atoms with Crippen molar-refractivity contribution in [2.75, 3.05) is 0 Å². The molecule has 0 aliphatic carbocycles. The number of ketones is 1. The summed E-state index contributed by atoms with van der Waals surface area (Å²) in [5.74, 6) is -0.565. The zero-order valence-corrected chi connectivity index (χ0v) is 8.62. The van der Waals surface area contributed by atoms with Gasteiger partial charge in [-0.15, -0.1) is 0 Å². The summed E-state index contributed by atoms with van der Waals surface area (Å²) in [7, 11) is 0. The summed E-state index contributed by atoms with van der Waals surface area (Å²) in [6, 6.07) is 3.60. The van der Waals surface area contributed by atoms with Crippen LogP contribution in [0.5, 0.6) is 0 Å². The van der Waals surface area contributed by atoms with Crippen LogP contribution < -0.4 is 0 Å². The van der Waals surface area contributed by atoms with Crippen molar-refractivity contribution >= 4 is 17.4 Å². The van der Waals surface area contributed by atoms with Crippen LogP contribution in [0.1, 0.15) is 29.3 Å². The van der Waals surface area contributed by atoms with Gasteiger partial charge in [-0.25, -0.2) is 0 Å². The molecule has 1 aromatic rings. The number of carbonyl (C=O) groups is 1. The van der Waals surface area contributed by atoms with Crippen LogP contribution in [0.15, 0.2) is 18.2 Å². The number of Topliss-reactive ketones (excluding diaryl/α,β-unsaturated/α-hetero) is 1. The number of rotatable bonds is 2. The molecule has 1 nitrogen and oxygen atoms in total. The first-order chi connectivity index (χ1) is 6.88. The lowest BCUT2D eigenvalue weighted by molar-refractivity contribution is -0.137. The molecule has 0 unspecified atom stereocenters. The Labute approximate surface area is 89.9 Å². The number of halogens is 4. The molecule has 0 aliphatic heterocycles. The van der Waals surface area contributed by atoms with Gasteiger partial charge in [-0.05, 0) is 6.07 Å². The predicted molar refractivity (Wildman–Crippen MR) is 51.1 cm³/mol. The summed E-state index contributed by atoms with van der Waals surface area (Å²) in [4.78, 5) is 11.3. The van der Waals surface area contributed by atoms with E-state index in [9.17, 15) is 18.0 Å². The van der Waals surface area contributed by atoms with Gasteiger partial charge >= 0.3 is 6.18 Å². The van der Waals surface area contributed by atoms with Gasteiger partial charge in [0.1, 0.15) is 0 Å². The van der Waals surface area contributed by atoms with Crippen molar-refractivity contribution in [1.82, 2.24) is 0 Å². The number of hydrogen-bond acceptors (Lipinski definition) is 1. The molecule has 0 aromatic heterocycles. The summed E-state index contributed by atoms with van der Waals surface area (Å²) < 4.78 is 37.7. The largest absolute Gasteiger partial charge is 0.418 e. The van der Waals surface area contributed by atoms with Crippen LogP contribution in [-0.2, 0) is 6.18 Å². The molecule has 0 heterocycles. The second kappa shape index (κ2) is 4.23. The fourth-order valence-electron chi connectivity index (χ4n) is 1.24. The highest BCUT2D eigenvalue weighted by molar-refractivity contribution is 6.32. The summed E-state index contributed by atoms with van der Waals surface area (Å²) in [5, 5.41) is -0.443. The summed E-state index contributed by atoms with van der Waals surface area (Å²) in [5.41, 5.74) is -1.41. The third kappa shape index (κ3) is 2.50. The minimum absolute atomic E-state index is 0.0173. The molecule has 0 spiro atoms. The Morgan fingerprint density at radius 2 is 2.00 bits per heavy atom. The molecule has 1 rings (SSSR count). The number of carbonyl (C=O) groups excluding carboxylic acids is 1. The van der Waals surface area contributed by atoms with E-state index in [2.05, 4.69) is 0 Å². The van der Waals surface area contributed by atoms with Crippen molar-refractivity contribution in [3.05, 3.63) is 34.3 Å². The third-order valence-corrected chi connectivity index (χ3v) is 2.23. The van der Waals surface area contributed by atoms with Gasteiger partial charge in [-0.2, -0.15) is 13.2 Å². The Morgan fingerprint density at radius 3 is 2.47 bits per heavy atom. The zero-order chi connectivity index (χ0) is 11.6.